The van der Waals surface area contributed by atoms with Crippen LogP contribution in [0, 0.1) is 0 Å². The van der Waals surface area contributed by atoms with Gasteiger partial charge >= 0.3 is 0 Å². The lowest BCUT2D eigenvalue weighted by molar-refractivity contribution is -0.119. The Morgan fingerprint density at radius 1 is 1.14 bits per heavy atom. The molecule has 1 aliphatic heterocycles. The van der Waals surface area contributed by atoms with Crippen molar-refractivity contribution in [3.8, 4) is 0 Å². The second-order valence-electron chi connectivity index (χ2n) is 6.38. The van der Waals surface area contributed by atoms with E-state index in [0.717, 1.165) is 16.2 Å². The molecule has 1 aliphatic rings. The summed E-state index contributed by atoms with van der Waals surface area (Å²) < 4.78 is 23.5. The Morgan fingerprint density at radius 3 is 2.34 bits per heavy atom. The van der Waals surface area contributed by atoms with Crippen LogP contribution in [0.15, 0.2) is 47.4 Å². The number of anilines is 1. The number of carbonyl (C=O) groups is 3. The minimum absolute atomic E-state index is 0.0640. The molecule has 2 heterocycles. The maximum atomic E-state index is 12.6. The first-order chi connectivity index (χ1) is 13.7. The van der Waals surface area contributed by atoms with Crippen molar-refractivity contribution in [2.75, 3.05) is 5.32 Å². The topological polar surface area (TPSA) is 140 Å². The van der Waals surface area contributed by atoms with E-state index >= 15 is 0 Å². The van der Waals surface area contributed by atoms with E-state index in [-0.39, 0.29) is 21.2 Å². The predicted octanol–water partition coefficient (Wildman–Crippen LogP) is 1.57. The Kier molecular flexibility index (Phi) is 4.45. The standard InChI is InChI=1S/C18H14N4O5S2/c1-9(22-16(24)11-4-2-3-5-12(11)17(22)25)15(23)21-18-20-13-7-6-10(29(19,26)27)8-14(13)28-18/h2-9H,1H3,(H2,19,26,27)(H,20,21,23)/t9-/m0/s1. The molecule has 4 rings (SSSR count). The molecular formula is C18H14N4O5S2. The van der Waals surface area contributed by atoms with E-state index < -0.39 is 33.8 Å². The van der Waals surface area contributed by atoms with Crippen molar-refractivity contribution >= 4 is 54.4 Å². The van der Waals surface area contributed by atoms with Crippen molar-refractivity contribution < 1.29 is 22.8 Å². The highest BCUT2D eigenvalue weighted by molar-refractivity contribution is 7.89. The van der Waals surface area contributed by atoms with Crippen LogP contribution in [0.1, 0.15) is 27.6 Å². The van der Waals surface area contributed by atoms with Crippen molar-refractivity contribution in [2.45, 2.75) is 17.9 Å². The van der Waals surface area contributed by atoms with Gasteiger partial charge < -0.3 is 5.32 Å². The summed E-state index contributed by atoms with van der Waals surface area (Å²) in [5.74, 6) is -1.66. The molecule has 29 heavy (non-hydrogen) atoms. The zero-order valence-electron chi connectivity index (χ0n) is 14.9. The van der Waals surface area contributed by atoms with Gasteiger partial charge in [0.2, 0.25) is 15.9 Å². The van der Waals surface area contributed by atoms with Crippen LogP contribution in [0.5, 0.6) is 0 Å². The zero-order valence-corrected chi connectivity index (χ0v) is 16.6. The number of nitrogens with two attached hydrogens (primary N) is 1. The number of amides is 3. The number of hydrogen-bond acceptors (Lipinski definition) is 7. The summed E-state index contributed by atoms with van der Waals surface area (Å²) in [4.78, 5) is 42.8. The molecule has 2 aromatic carbocycles. The number of hydrogen-bond donors (Lipinski definition) is 2. The van der Waals surface area contributed by atoms with Gasteiger partial charge in [0.05, 0.1) is 26.2 Å². The first kappa shape index (κ1) is 19.2. The highest BCUT2D eigenvalue weighted by Gasteiger charge is 2.40. The molecule has 3 aromatic rings. The number of benzene rings is 2. The van der Waals surface area contributed by atoms with Crippen LogP contribution >= 0.6 is 11.3 Å². The Bertz CT molecular complexity index is 1260. The van der Waals surface area contributed by atoms with Crippen LogP contribution in [0.25, 0.3) is 10.2 Å². The minimum atomic E-state index is -3.86. The van der Waals surface area contributed by atoms with Gasteiger partial charge in [-0.25, -0.2) is 18.5 Å². The predicted molar refractivity (Wildman–Crippen MR) is 106 cm³/mol. The Balaban J connectivity index is 1.57. The number of fused-ring (bicyclic) bond motifs is 2. The molecule has 3 N–H and O–H groups in total. The lowest BCUT2D eigenvalue weighted by atomic mass is 10.1. The maximum Gasteiger partial charge on any atom is 0.262 e. The molecule has 0 saturated heterocycles. The quantitative estimate of drug-likeness (QED) is 0.602. The van der Waals surface area contributed by atoms with Crippen LogP contribution in [0.2, 0.25) is 0 Å². The third-order valence-corrected chi connectivity index (χ3v) is 6.36. The highest BCUT2D eigenvalue weighted by atomic mass is 32.2. The van der Waals surface area contributed by atoms with Crippen LogP contribution in [-0.4, -0.2) is 42.1 Å². The summed E-state index contributed by atoms with van der Waals surface area (Å²) in [6.45, 7) is 1.45. The molecule has 0 radical (unpaired) electrons. The second kappa shape index (κ2) is 6.72. The van der Waals surface area contributed by atoms with Crippen molar-refractivity contribution in [1.82, 2.24) is 9.88 Å². The van der Waals surface area contributed by atoms with E-state index in [4.69, 9.17) is 5.14 Å². The fourth-order valence-corrected chi connectivity index (χ4v) is 4.54. The number of rotatable bonds is 4. The van der Waals surface area contributed by atoms with Gasteiger partial charge in [-0.2, -0.15) is 0 Å². The SMILES string of the molecule is C[C@@H](C(=O)Nc1nc2ccc(S(N)(=O)=O)cc2s1)N1C(=O)c2ccccc2C1=O. The molecule has 3 amide bonds. The average molecular weight is 430 g/mol. The summed E-state index contributed by atoms with van der Waals surface area (Å²) in [6.07, 6.45) is 0. The molecule has 0 saturated carbocycles. The highest BCUT2D eigenvalue weighted by Crippen LogP contribution is 2.29. The van der Waals surface area contributed by atoms with E-state index in [9.17, 15) is 22.8 Å². The number of primary sulfonamides is 1. The maximum absolute atomic E-state index is 12.6. The van der Waals surface area contributed by atoms with Crippen LogP contribution in [0.3, 0.4) is 0 Å². The number of aromatic nitrogens is 1. The first-order valence-electron chi connectivity index (χ1n) is 8.38. The van der Waals surface area contributed by atoms with Gasteiger partial charge in [0.25, 0.3) is 11.8 Å². The van der Waals surface area contributed by atoms with Gasteiger partial charge in [-0.3, -0.25) is 19.3 Å². The van der Waals surface area contributed by atoms with Gasteiger partial charge in [0, 0.05) is 0 Å². The second-order valence-corrected chi connectivity index (χ2v) is 8.98. The van der Waals surface area contributed by atoms with E-state index in [1.54, 1.807) is 12.1 Å². The molecule has 0 fully saturated rings. The molecule has 1 aromatic heterocycles. The molecule has 1 atom stereocenters. The van der Waals surface area contributed by atoms with Gasteiger partial charge in [-0.1, -0.05) is 23.5 Å². The van der Waals surface area contributed by atoms with Gasteiger partial charge in [-0.15, -0.1) is 0 Å². The summed E-state index contributed by atoms with van der Waals surface area (Å²) >= 11 is 1.05. The van der Waals surface area contributed by atoms with Gasteiger partial charge in [-0.05, 0) is 37.3 Å². The van der Waals surface area contributed by atoms with Crippen molar-refractivity contribution in [3.63, 3.8) is 0 Å². The lowest BCUT2D eigenvalue weighted by Crippen LogP contribution is -2.45. The fourth-order valence-electron chi connectivity index (χ4n) is 3.02. The third kappa shape index (κ3) is 3.28. The Hall–Kier alpha value is -3.15. The third-order valence-electron chi connectivity index (χ3n) is 4.51. The summed E-state index contributed by atoms with van der Waals surface area (Å²) in [6, 6.07) is 9.48. The number of thiazole rings is 1. The summed E-state index contributed by atoms with van der Waals surface area (Å²) in [5.41, 5.74) is 0.992. The monoisotopic (exact) mass is 430 g/mol. The number of sulfonamides is 1. The fraction of sp³-hybridized carbons (Fsp3) is 0.111. The van der Waals surface area contributed by atoms with E-state index in [1.807, 2.05) is 0 Å². The van der Waals surface area contributed by atoms with E-state index in [0.29, 0.717) is 10.2 Å². The summed E-state index contributed by atoms with van der Waals surface area (Å²) in [7, 11) is -3.86. The Morgan fingerprint density at radius 2 is 1.76 bits per heavy atom. The molecule has 0 spiro atoms. The zero-order chi connectivity index (χ0) is 20.9. The number of carbonyl (C=O) groups excluding carboxylic acids is 3. The summed E-state index contributed by atoms with van der Waals surface area (Å²) in [5, 5.41) is 7.91. The smallest absolute Gasteiger partial charge is 0.262 e. The molecule has 0 aliphatic carbocycles. The lowest BCUT2D eigenvalue weighted by Gasteiger charge is -2.21. The Labute approximate surface area is 169 Å². The van der Waals surface area contributed by atoms with Crippen LogP contribution < -0.4 is 10.5 Å². The van der Waals surface area contributed by atoms with Crippen LogP contribution in [-0.2, 0) is 14.8 Å². The van der Waals surface area contributed by atoms with Crippen molar-refractivity contribution in [1.29, 1.82) is 0 Å². The van der Waals surface area contributed by atoms with Gasteiger partial charge in [0.15, 0.2) is 5.13 Å². The largest absolute Gasteiger partial charge is 0.300 e. The molecular weight excluding hydrogens is 416 g/mol. The molecule has 9 nitrogen and oxygen atoms in total. The molecule has 0 bridgehead atoms. The van der Waals surface area contributed by atoms with Crippen molar-refractivity contribution in [2.24, 2.45) is 5.14 Å². The van der Waals surface area contributed by atoms with E-state index in [2.05, 4.69) is 10.3 Å². The number of nitrogens with zero attached hydrogens (tertiary/aromatic N) is 2. The average Bonchev–Trinajstić information content (AvgIpc) is 3.18. The molecule has 148 valence electrons. The normalized spacial score (nSPS) is 14.9. The minimum Gasteiger partial charge on any atom is -0.300 e. The number of nitrogens with one attached hydrogen (secondary N) is 1. The van der Waals surface area contributed by atoms with Crippen LogP contribution in [0.4, 0.5) is 5.13 Å². The molecule has 0 unspecified atom stereocenters. The first-order valence-corrected chi connectivity index (χ1v) is 10.7. The van der Waals surface area contributed by atoms with Gasteiger partial charge in [0.1, 0.15) is 6.04 Å². The molecule has 11 heteroatoms. The van der Waals surface area contributed by atoms with E-state index in [1.165, 1.54) is 37.3 Å². The van der Waals surface area contributed by atoms with Crippen molar-refractivity contribution in [3.05, 3.63) is 53.6 Å². The number of imide groups is 1.